The molecule has 5 heteroatoms. The van der Waals surface area contributed by atoms with E-state index in [1.54, 1.807) is 0 Å². The van der Waals surface area contributed by atoms with Crippen molar-refractivity contribution in [3.05, 3.63) is 29.8 Å². The highest BCUT2D eigenvalue weighted by atomic mass is 35.5. The molecule has 1 unspecified atom stereocenters. The largest absolute Gasteiger partial charge is 0.329 e. The van der Waals surface area contributed by atoms with Crippen LogP contribution in [0.1, 0.15) is 44.6 Å². The maximum absolute atomic E-state index is 12.2. The number of nitrogens with one attached hydrogen (secondary N) is 1. The zero-order chi connectivity index (χ0) is 15.2. The number of carbonyl (C=O) groups is 1. The number of likely N-dealkylation sites (tertiary alicyclic amines) is 1. The van der Waals surface area contributed by atoms with E-state index >= 15 is 0 Å². The average Bonchev–Trinajstić information content (AvgIpc) is 2.48. The summed E-state index contributed by atoms with van der Waals surface area (Å²) >= 11 is 0. The van der Waals surface area contributed by atoms with Crippen LogP contribution in [0.2, 0.25) is 0 Å². The Morgan fingerprint density at radius 1 is 1.41 bits per heavy atom. The summed E-state index contributed by atoms with van der Waals surface area (Å²) in [4.78, 5) is 14.4. The van der Waals surface area contributed by atoms with E-state index in [0.717, 1.165) is 25.1 Å². The fraction of sp³-hybridized carbons (Fsp3) is 0.588. The Morgan fingerprint density at radius 3 is 2.86 bits per heavy atom. The second-order valence-corrected chi connectivity index (χ2v) is 6.18. The first-order valence-corrected chi connectivity index (χ1v) is 7.94. The predicted octanol–water partition coefficient (Wildman–Crippen LogP) is 2.98. The average molecular weight is 326 g/mol. The molecule has 4 nitrogen and oxygen atoms in total. The fourth-order valence-corrected chi connectivity index (χ4v) is 2.90. The van der Waals surface area contributed by atoms with Crippen LogP contribution in [0.5, 0.6) is 0 Å². The van der Waals surface area contributed by atoms with E-state index in [0.29, 0.717) is 25.0 Å². The van der Waals surface area contributed by atoms with Crippen LogP contribution in [-0.2, 0) is 4.79 Å². The Morgan fingerprint density at radius 2 is 2.18 bits per heavy atom. The summed E-state index contributed by atoms with van der Waals surface area (Å²) < 4.78 is 0. The molecule has 0 saturated carbocycles. The maximum atomic E-state index is 12.2. The summed E-state index contributed by atoms with van der Waals surface area (Å²) in [5.74, 6) is 0.516. The topological polar surface area (TPSA) is 58.4 Å². The predicted molar refractivity (Wildman–Crippen MR) is 94.7 cm³/mol. The van der Waals surface area contributed by atoms with Crippen molar-refractivity contribution >= 4 is 24.0 Å². The number of hydrogen-bond donors (Lipinski definition) is 2. The third-order valence-corrected chi connectivity index (χ3v) is 4.20. The summed E-state index contributed by atoms with van der Waals surface area (Å²) in [7, 11) is 0. The molecule has 1 aromatic rings. The standard InChI is InChI=1S/C17H27N3O.ClH/c1-13(2)14-6-5-7-15(10-14)19-17(21)12-20-9-4-3-8-16(20)11-18;/h5-7,10,13,16H,3-4,8-9,11-12,18H2,1-2H3,(H,19,21);1H. The number of nitrogens with zero attached hydrogens (tertiary/aromatic N) is 1. The van der Waals surface area contributed by atoms with Crippen LogP contribution in [0.25, 0.3) is 0 Å². The summed E-state index contributed by atoms with van der Waals surface area (Å²) in [5, 5.41) is 3.01. The van der Waals surface area contributed by atoms with Crippen molar-refractivity contribution in [2.75, 3.05) is 25.0 Å². The normalized spacial score (nSPS) is 18.8. The molecule has 1 aromatic carbocycles. The van der Waals surface area contributed by atoms with Crippen molar-refractivity contribution in [2.45, 2.75) is 45.1 Å². The van der Waals surface area contributed by atoms with Crippen molar-refractivity contribution < 1.29 is 4.79 Å². The van der Waals surface area contributed by atoms with Gasteiger partial charge in [0.25, 0.3) is 0 Å². The quantitative estimate of drug-likeness (QED) is 0.875. The van der Waals surface area contributed by atoms with Crippen LogP contribution in [-0.4, -0.2) is 36.5 Å². The molecule has 3 N–H and O–H groups in total. The van der Waals surface area contributed by atoms with Gasteiger partial charge >= 0.3 is 0 Å². The molecule has 22 heavy (non-hydrogen) atoms. The molecule has 0 spiro atoms. The first-order valence-electron chi connectivity index (χ1n) is 7.94. The first kappa shape index (κ1) is 18.9. The van der Waals surface area contributed by atoms with Gasteiger partial charge in [0.05, 0.1) is 6.54 Å². The summed E-state index contributed by atoms with van der Waals surface area (Å²) in [6.07, 6.45) is 3.48. The Kier molecular flexibility index (Phi) is 7.87. The van der Waals surface area contributed by atoms with E-state index < -0.39 is 0 Å². The highest BCUT2D eigenvalue weighted by Gasteiger charge is 2.22. The van der Waals surface area contributed by atoms with Crippen LogP contribution in [0.3, 0.4) is 0 Å². The molecular weight excluding hydrogens is 298 g/mol. The number of benzene rings is 1. The lowest BCUT2D eigenvalue weighted by atomic mass is 10.0. The Hall–Kier alpha value is -1.10. The van der Waals surface area contributed by atoms with Gasteiger partial charge in [-0.05, 0) is 43.0 Å². The number of piperidine rings is 1. The fourth-order valence-electron chi connectivity index (χ4n) is 2.90. The lowest BCUT2D eigenvalue weighted by Crippen LogP contribution is -2.47. The molecule has 1 atom stereocenters. The molecule has 1 aliphatic heterocycles. The summed E-state index contributed by atoms with van der Waals surface area (Å²) in [5.41, 5.74) is 7.92. The van der Waals surface area contributed by atoms with Crippen molar-refractivity contribution in [3.8, 4) is 0 Å². The van der Waals surface area contributed by atoms with E-state index in [2.05, 4.69) is 36.2 Å². The molecule has 2 rings (SSSR count). The lowest BCUT2D eigenvalue weighted by molar-refractivity contribution is -0.118. The van der Waals surface area contributed by atoms with Crippen molar-refractivity contribution in [3.63, 3.8) is 0 Å². The number of rotatable bonds is 5. The third kappa shape index (κ3) is 5.27. The van der Waals surface area contributed by atoms with Crippen LogP contribution < -0.4 is 11.1 Å². The van der Waals surface area contributed by atoms with Gasteiger partial charge in [0, 0.05) is 18.3 Å². The minimum absolute atomic E-state index is 0. The molecule has 1 aliphatic rings. The molecule has 1 heterocycles. The van der Waals surface area contributed by atoms with Crippen molar-refractivity contribution in [1.29, 1.82) is 0 Å². The van der Waals surface area contributed by atoms with Gasteiger partial charge in [-0.3, -0.25) is 9.69 Å². The van der Waals surface area contributed by atoms with Crippen LogP contribution >= 0.6 is 12.4 Å². The highest BCUT2D eigenvalue weighted by Crippen LogP contribution is 2.19. The number of carbonyl (C=O) groups excluding carboxylic acids is 1. The minimum atomic E-state index is 0. The molecular formula is C17H28ClN3O. The molecule has 1 fully saturated rings. The lowest BCUT2D eigenvalue weighted by Gasteiger charge is -2.34. The van der Waals surface area contributed by atoms with Crippen LogP contribution in [0, 0.1) is 0 Å². The Bertz CT molecular complexity index is 479. The number of hydrogen-bond acceptors (Lipinski definition) is 3. The van der Waals surface area contributed by atoms with Crippen LogP contribution in [0.4, 0.5) is 5.69 Å². The van der Waals surface area contributed by atoms with Gasteiger partial charge < -0.3 is 11.1 Å². The van der Waals surface area contributed by atoms with Crippen LogP contribution in [0.15, 0.2) is 24.3 Å². The van der Waals surface area contributed by atoms with E-state index in [1.807, 2.05) is 12.1 Å². The van der Waals surface area contributed by atoms with E-state index in [9.17, 15) is 4.79 Å². The minimum Gasteiger partial charge on any atom is -0.329 e. The van der Waals surface area contributed by atoms with E-state index in [1.165, 1.54) is 12.0 Å². The number of halogens is 1. The first-order chi connectivity index (χ1) is 10.1. The SMILES string of the molecule is CC(C)c1cccc(NC(=O)CN2CCCCC2CN)c1.Cl. The molecule has 1 amide bonds. The van der Waals surface area contributed by atoms with Gasteiger partial charge in [0.15, 0.2) is 0 Å². The van der Waals surface area contributed by atoms with Crippen molar-refractivity contribution in [2.24, 2.45) is 5.73 Å². The van der Waals surface area contributed by atoms with Gasteiger partial charge in [-0.25, -0.2) is 0 Å². The van der Waals surface area contributed by atoms with Gasteiger partial charge in [0.1, 0.15) is 0 Å². The Balaban J connectivity index is 0.00000242. The number of anilines is 1. The van der Waals surface area contributed by atoms with Gasteiger partial charge in [0.2, 0.25) is 5.91 Å². The molecule has 0 radical (unpaired) electrons. The smallest absolute Gasteiger partial charge is 0.238 e. The third-order valence-electron chi connectivity index (χ3n) is 4.20. The molecule has 0 aliphatic carbocycles. The second kappa shape index (κ2) is 9.13. The Labute approximate surface area is 139 Å². The summed E-state index contributed by atoms with van der Waals surface area (Å²) in [6, 6.07) is 8.44. The molecule has 1 saturated heterocycles. The maximum Gasteiger partial charge on any atom is 0.238 e. The zero-order valence-corrected chi connectivity index (χ0v) is 14.4. The second-order valence-electron chi connectivity index (χ2n) is 6.18. The monoisotopic (exact) mass is 325 g/mol. The van der Waals surface area contributed by atoms with E-state index in [-0.39, 0.29) is 18.3 Å². The number of amides is 1. The van der Waals surface area contributed by atoms with Gasteiger partial charge in [-0.1, -0.05) is 32.4 Å². The molecule has 0 bridgehead atoms. The number of nitrogens with two attached hydrogens (primary N) is 1. The van der Waals surface area contributed by atoms with Crippen molar-refractivity contribution in [1.82, 2.24) is 4.90 Å². The highest BCUT2D eigenvalue weighted by molar-refractivity contribution is 5.92. The molecule has 0 aromatic heterocycles. The van der Waals surface area contributed by atoms with E-state index in [4.69, 9.17) is 5.73 Å². The summed E-state index contributed by atoms with van der Waals surface area (Å²) in [6.45, 7) is 6.35. The molecule has 124 valence electrons. The van der Waals surface area contributed by atoms with Gasteiger partial charge in [-0.15, -0.1) is 12.4 Å². The zero-order valence-electron chi connectivity index (χ0n) is 13.5. The van der Waals surface area contributed by atoms with Gasteiger partial charge in [-0.2, -0.15) is 0 Å².